The van der Waals surface area contributed by atoms with Crippen LogP contribution in [0.2, 0.25) is 0 Å². The van der Waals surface area contributed by atoms with Gasteiger partial charge in [0.15, 0.2) is 11.5 Å². The van der Waals surface area contributed by atoms with Crippen molar-refractivity contribution in [1.29, 1.82) is 0 Å². The number of carboxylic acid groups (broad SMARTS) is 1. The van der Waals surface area contributed by atoms with Gasteiger partial charge in [-0.25, -0.2) is 14.8 Å². The second kappa shape index (κ2) is 10.7. The van der Waals surface area contributed by atoms with E-state index < -0.39 is 11.6 Å². The smallest absolute Gasteiger partial charge is 0.407 e. The van der Waals surface area contributed by atoms with E-state index in [4.69, 9.17) is 4.98 Å². The van der Waals surface area contributed by atoms with Crippen molar-refractivity contribution in [3.05, 3.63) is 66.7 Å². The highest BCUT2D eigenvalue weighted by atomic mass is 16.4. The lowest BCUT2D eigenvalue weighted by Crippen LogP contribution is -2.45. The Morgan fingerprint density at radius 1 is 1.08 bits per heavy atom. The van der Waals surface area contributed by atoms with E-state index >= 15 is 0 Å². The fraction of sp³-hybridized carbons (Fsp3) is 0.345. The molecule has 3 heterocycles. The minimum Gasteiger partial charge on any atom is -0.465 e. The van der Waals surface area contributed by atoms with Crippen molar-refractivity contribution in [3.8, 4) is 22.5 Å². The van der Waals surface area contributed by atoms with Crippen LogP contribution in [-0.4, -0.2) is 66.0 Å². The summed E-state index contributed by atoms with van der Waals surface area (Å²) in [6, 6.07) is 11.6. The molecule has 1 aliphatic carbocycles. The molecular formula is C29H33N7O3. The normalized spacial score (nSPS) is 13.3. The summed E-state index contributed by atoms with van der Waals surface area (Å²) in [5.41, 5.74) is 4.25. The summed E-state index contributed by atoms with van der Waals surface area (Å²) in [7, 11) is 0. The molecule has 5 rings (SSSR count). The molecule has 1 aliphatic rings. The van der Waals surface area contributed by atoms with E-state index in [0.717, 1.165) is 35.4 Å². The molecule has 0 aliphatic heterocycles. The van der Waals surface area contributed by atoms with Gasteiger partial charge in [0.2, 0.25) is 0 Å². The number of amides is 2. The first-order valence-corrected chi connectivity index (χ1v) is 13.1. The molecule has 1 fully saturated rings. The maximum atomic E-state index is 12.4. The van der Waals surface area contributed by atoms with E-state index in [-0.39, 0.29) is 5.91 Å². The molecule has 10 heteroatoms. The molecule has 3 aromatic heterocycles. The second-order valence-corrected chi connectivity index (χ2v) is 10.8. The Bertz CT molecular complexity index is 1470. The van der Waals surface area contributed by atoms with E-state index in [9.17, 15) is 14.7 Å². The molecule has 10 nitrogen and oxygen atoms in total. The molecule has 0 atom stereocenters. The Morgan fingerprint density at radius 3 is 2.44 bits per heavy atom. The van der Waals surface area contributed by atoms with Crippen molar-refractivity contribution < 1.29 is 14.7 Å². The predicted octanol–water partition coefficient (Wildman–Crippen LogP) is 4.93. The van der Waals surface area contributed by atoms with Gasteiger partial charge in [0.1, 0.15) is 0 Å². The maximum Gasteiger partial charge on any atom is 0.407 e. The summed E-state index contributed by atoms with van der Waals surface area (Å²) in [5.74, 6) is 0.555. The van der Waals surface area contributed by atoms with Crippen LogP contribution in [0, 0.1) is 0 Å². The number of rotatable bonds is 9. The summed E-state index contributed by atoms with van der Waals surface area (Å²) in [5, 5.41) is 16.0. The van der Waals surface area contributed by atoms with Crippen LogP contribution in [0.25, 0.3) is 28.2 Å². The topological polar surface area (TPSA) is 125 Å². The van der Waals surface area contributed by atoms with Gasteiger partial charge in [0, 0.05) is 60.0 Å². The number of hydrogen-bond donors (Lipinski definition) is 3. The molecule has 1 saturated carbocycles. The first kappa shape index (κ1) is 26.1. The van der Waals surface area contributed by atoms with Gasteiger partial charge in [-0.15, -0.1) is 0 Å². The largest absolute Gasteiger partial charge is 0.465 e. The van der Waals surface area contributed by atoms with Crippen LogP contribution in [-0.2, 0) is 0 Å². The first-order valence-electron chi connectivity index (χ1n) is 13.1. The van der Waals surface area contributed by atoms with Gasteiger partial charge in [-0.1, -0.05) is 12.1 Å². The van der Waals surface area contributed by atoms with Gasteiger partial charge >= 0.3 is 6.09 Å². The molecule has 0 spiro atoms. The summed E-state index contributed by atoms with van der Waals surface area (Å²) in [6.07, 6.45) is 8.95. The highest BCUT2D eigenvalue weighted by molar-refractivity contribution is 5.95. The number of imidazole rings is 1. The Hall–Kier alpha value is -4.47. The number of pyridine rings is 1. The number of carbonyl (C=O) groups is 2. The Morgan fingerprint density at radius 2 is 1.79 bits per heavy atom. The number of nitrogens with zero attached hydrogens (tertiary/aromatic N) is 5. The minimum absolute atomic E-state index is 0.0502. The number of aromatic nitrogens is 4. The average Bonchev–Trinajstić information content (AvgIpc) is 3.62. The van der Waals surface area contributed by atoms with E-state index in [1.165, 1.54) is 4.90 Å². The zero-order chi connectivity index (χ0) is 27.6. The third kappa shape index (κ3) is 6.00. The Labute approximate surface area is 227 Å². The zero-order valence-electron chi connectivity index (χ0n) is 22.4. The number of nitrogens with one attached hydrogen (secondary N) is 2. The van der Waals surface area contributed by atoms with Gasteiger partial charge in [-0.2, -0.15) is 0 Å². The first-order chi connectivity index (χ1) is 18.7. The van der Waals surface area contributed by atoms with Gasteiger partial charge in [-0.3, -0.25) is 14.2 Å². The Balaban J connectivity index is 1.42. The number of fused-ring (bicyclic) bond motifs is 1. The molecule has 3 N–H and O–H groups in total. The fourth-order valence-corrected chi connectivity index (χ4v) is 4.43. The molecule has 4 aromatic rings. The van der Waals surface area contributed by atoms with Gasteiger partial charge in [0.05, 0.1) is 17.6 Å². The van der Waals surface area contributed by atoms with Crippen molar-refractivity contribution in [3.63, 3.8) is 0 Å². The minimum atomic E-state index is -0.934. The molecule has 0 saturated heterocycles. The molecule has 0 bridgehead atoms. The van der Waals surface area contributed by atoms with Gasteiger partial charge in [-0.05, 0) is 64.3 Å². The maximum absolute atomic E-state index is 12.4. The fourth-order valence-electron chi connectivity index (χ4n) is 4.43. The predicted molar refractivity (Wildman–Crippen MR) is 150 cm³/mol. The number of benzene rings is 1. The molecule has 202 valence electrons. The van der Waals surface area contributed by atoms with Crippen LogP contribution in [0.3, 0.4) is 0 Å². The molecule has 39 heavy (non-hydrogen) atoms. The van der Waals surface area contributed by atoms with Crippen LogP contribution in [0.15, 0.2) is 61.2 Å². The number of anilines is 1. The summed E-state index contributed by atoms with van der Waals surface area (Å²) in [6.45, 7) is 6.57. The lowest BCUT2D eigenvalue weighted by molar-refractivity contribution is 0.0949. The van der Waals surface area contributed by atoms with Crippen LogP contribution in [0.5, 0.6) is 0 Å². The number of carbonyl (C=O) groups excluding carboxylic acids is 1. The summed E-state index contributed by atoms with van der Waals surface area (Å²) < 4.78 is 1.99. The van der Waals surface area contributed by atoms with E-state index in [1.807, 2.05) is 67.8 Å². The van der Waals surface area contributed by atoms with Crippen molar-refractivity contribution in [1.82, 2.24) is 29.6 Å². The standard InChI is InChI=1S/C29H33N7O3/c1-29(2,3)36(28(38)39)16-4-13-31-25-26-32-17-24(35(26)18-23(34-25)19-11-14-30-15-12-19)20-5-7-21(8-6-20)27(37)33-22-9-10-22/h5-8,11-12,14-15,17-18,22H,4,9-10,13,16H2,1-3H3,(H,31,34)(H,33,37)(H,38,39). The van der Waals surface area contributed by atoms with Crippen molar-refractivity contribution in [2.24, 2.45) is 0 Å². The lowest BCUT2D eigenvalue weighted by atomic mass is 10.1. The Kier molecular flexibility index (Phi) is 7.19. The van der Waals surface area contributed by atoms with Crippen molar-refractivity contribution in [2.75, 3.05) is 18.4 Å². The average molecular weight is 528 g/mol. The van der Waals surface area contributed by atoms with Crippen molar-refractivity contribution in [2.45, 2.75) is 51.6 Å². The quantitative estimate of drug-likeness (QED) is 0.264. The lowest BCUT2D eigenvalue weighted by Gasteiger charge is -2.33. The van der Waals surface area contributed by atoms with Gasteiger partial charge in [0.25, 0.3) is 5.91 Å². The monoisotopic (exact) mass is 527 g/mol. The van der Waals surface area contributed by atoms with Crippen LogP contribution >= 0.6 is 0 Å². The molecule has 0 radical (unpaired) electrons. The van der Waals surface area contributed by atoms with Crippen LogP contribution < -0.4 is 10.6 Å². The van der Waals surface area contributed by atoms with E-state index in [2.05, 4.69) is 20.6 Å². The second-order valence-electron chi connectivity index (χ2n) is 10.8. The highest BCUT2D eigenvalue weighted by Crippen LogP contribution is 2.28. The summed E-state index contributed by atoms with van der Waals surface area (Å²) >= 11 is 0. The van der Waals surface area contributed by atoms with E-state index in [0.29, 0.717) is 42.6 Å². The van der Waals surface area contributed by atoms with E-state index in [1.54, 1.807) is 18.6 Å². The highest BCUT2D eigenvalue weighted by Gasteiger charge is 2.26. The SMILES string of the molecule is CC(C)(C)N(CCCNc1nc(-c2ccncc2)cn2c(-c3ccc(C(=O)NC4CC4)cc3)cnc12)C(=O)O. The summed E-state index contributed by atoms with van der Waals surface area (Å²) in [4.78, 5) is 39.2. The van der Waals surface area contributed by atoms with Gasteiger partial charge < -0.3 is 20.6 Å². The molecule has 1 aromatic carbocycles. The van der Waals surface area contributed by atoms with Crippen LogP contribution in [0.1, 0.15) is 50.4 Å². The van der Waals surface area contributed by atoms with Crippen molar-refractivity contribution >= 4 is 23.5 Å². The third-order valence-corrected chi connectivity index (χ3v) is 6.72. The molecular weight excluding hydrogens is 494 g/mol. The third-order valence-electron chi connectivity index (χ3n) is 6.72. The zero-order valence-corrected chi connectivity index (χ0v) is 22.4. The number of hydrogen-bond acceptors (Lipinski definition) is 6. The molecule has 2 amide bonds. The molecule has 0 unspecified atom stereocenters. The van der Waals surface area contributed by atoms with Crippen LogP contribution in [0.4, 0.5) is 10.6 Å².